The molecule has 7 heteroatoms. The van der Waals surface area contributed by atoms with Gasteiger partial charge in [0.15, 0.2) is 5.65 Å². The van der Waals surface area contributed by atoms with Crippen LogP contribution in [0.4, 0.5) is 0 Å². The number of aliphatic carboxylic acids is 1. The van der Waals surface area contributed by atoms with Crippen molar-refractivity contribution < 1.29 is 9.90 Å². The number of fused-ring (bicyclic) bond motifs is 3. The lowest BCUT2D eigenvalue weighted by atomic mass is 10.0. The highest BCUT2D eigenvalue weighted by Gasteiger charge is 2.25. The first kappa shape index (κ1) is 17.0. The number of hydrogen-bond acceptors (Lipinski definition) is 4. The Balaban J connectivity index is 1.95. The molecule has 1 atom stereocenters. The third-order valence-corrected chi connectivity index (χ3v) is 4.69. The summed E-state index contributed by atoms with van der Waals surface area (Å²) in [6.07, 6.45) is 4.74. The van der Waals surface area contributed by atoms with Crippen LogP contribution in [-0.2, 0) is 4.79 Å². The largest absolute Gasteiger partial charge is 0.480 e. The molecule has 0 aliphatic rings. The molecular formula is C20H18N4O3. The Bertz CT molecular complexity index is 1210. The predicted octanol–water partition coefficient (Wildman–Crippen LogP) is 2.99. The van der Waals surface area contributed by atoms with Crippen LogP contribution in [0.15, 0.2) is 59.8 Å². The van der Waals surface area contributed by atoms with E-state index in [1.165, 1.54) is 17.0 Å². The predicted molar refractivity (Wildman–Crippen MR) is 102 cm³/mol. The minimum absolute atomic E-state index is 0.233. The van der Waals surface area contributed by atoms with Crippen molar-refractivity contribution in [1.29, 1.82) is 0 Å². The number of aromatic nitrogens is 4. The van der Waals surface area contributed by atoms with Crippen LogP contribution >= 0.6 is 0 Å². The van der Waals surface area contributed by atoms with Crippen LogP contribution in [0.1, 0.15) is 19.9 Å². The number of nitrogens with zero attached hydrogens (tertiary/aromatic N) is 4. The van der Waals surface area contributed by atoms with E-state index in [2.05, 4.69) is 10.1 Å². The smallest absolute Gasteiger partial charge is 0.327 e. The molecule has 0 unspecified atom stereocenters. The van der Waals surface area contributed by atoms with Gasteiger partial charge < -0.3 is 9.67 Å². The second-order valence-electron chi connectivity index (χ2n) is 6.77. The lowest BCUT2D eigenvalue weighted by Gasteiger charge is -2.19. The molecule has 0 radical (unpaired) electrons. The molecular weight excluding hydrogens is 344 g/mol. The van der Waals surface area contributed by atoms with Gasteiger partial charge >= 0.3 is 5.97 Å². The van der Waals surface area contributed by atoms with Crippen LogP contribution < -0.4 is 5.56 Å². The van der Waals surface area contributed by atoms with Gasteiger partial charge in [-0.1, -0.05) is 44.2 Å². The van der Waals surface area contributed by atoms with Crippen molar-refractivity contribution in [1.82, 2.24) is 19.2 Å². The number of carboxylic acid groups (broad SMARTS) is 1. The van der Waals surface area contributed by atoms with E-state index < -0.39 is 12.0 Å². The molecule has 0 fully saturated rings. The summed E-state index contributed by atoms with van der Waals surface area (Å²) in [5.41, 5.74) is 2.70. The molecule has 7 nitrogen and oxygen atoms in total. The molecule has 1 N–H and O–H groups in total. The molecule has 27 heavy (non-hydrogen) atoms. The van der Waals surface area contributed by atoms with Gasteiger partial charge in [0.1, 0.15) is 6.04 Å². The minimum Gasteiger partial charge on any atom is -0.480 e. The van der Waals surface area contributed by atoms with Crippen LogP contribution in [0.25, 0.3) is 27.7 Å². The van der Waals surface area contributed by atoms with E-state index >= 15 is 0 Å². The van der Waals surface area contributed by atoms with E-state index in [1.54, 1.807) is 30.6 Å². The fraction of sp³-hybridized carbons (Fsp3) is 0.200. The second kappa shape index (κ2) is 6.35. The minimum atomic E-state index is -1.04. The molecule has 0 amide bonds. The average molecular weight is 362 g/mol. The molecule has 0 aliphatic carbocycles. The summed E-state index contributed by atoms with van der Waals surface area (Å²) in [6.45, 7) is 3.55. The van der Waals surface area contributed by atoms with E-state index in [-0.39, 0.29) is 11.5 Å². The van der Waals surface area contributed by atoms with Crippen molar-refractivity contribution in [3.05, 3.63) is 65.3 Å². The van der Waals surface area contributed by atoms with Gasteiger partial charge in [-0.3, -0.25) is 4.79 Å². The molecule has 136 valence electrons. The average Bonchev–Trinajstić information content (AvgIpc) is 3.08. The van der Waals surface area contributed by atoms with Crippen LogP contribution in [0.3, 0.4) is 0 Å². The summed E-state index contributed by atoms with van der Waals surface area (Å²) < 4.78 is 2.87. The van der Waals surface area contributed by atoms with E-state index in [4.69, 9.17) is 0 Å². The molecule has 0 saturated carbocycles. The Morgan fingerprint density at radius 2 is 1.85 bits per heavy atom. The first-order valence-electron chi connectivity index (χ1n) is 8.65. The fourth-order valence-electron chi connectivity index (χ4n) is 3.40. The van der Waals surface area contributed by atoms with Crippen molar-refractivity contribution in [2.24, 2.45) is 5.92 Å². The van der Waals surface area contributed by atoms with Gasteiger partial charge in [-0.25, -0.2) is 14.3 Å². The number of carbonyl (C=O) groups is 1. The van der Waals surface area contributed by atoms with Crippen LogP contribution in [0, 0.1) is 5.92 Å². The third-order valence-electron chi connectivity index (χ3n) is 4.69. The van der Waals surface area contributed by atoms with Gasteiger partial charge in [-0.05, 0) is 17.5 Å². The Morgan fingerprint density at radius 3 is 2.52 bits per heavy atom. The standard InChI is InChI=1S/C20H18N4O3/c1-12(2)17(20(26)27)23-9-8-16-15(19(23)25)10-21-18-14(11-22-24(16)18)13-6-4-3-5-7-13/h3-12,17H,1-2H3,(H,26,27)/t17-/m1/s1. The molecule has 0 spiro atoms. The summed E-state index contributed by atoms with van der Waals surface area (Å²) >= 11 is 0. The van der Waals surface area contributed by atoms with Gasteiger partial charge in [-0.2, -0.15) is 5.10 Å². The van der Waals surface area contributed by atoms with E-state index in [9.17, 15) is 14.7 Å². The summed E-state index contributed by atoms with van der Waals surface area (Å²) in [6, 6.07) is 10.5. The molecule has 0 bridgehead atoms. The molecule has 3 heterocycles. The zero-order chi connectivity index (χ0) is 19.1. The van der Waals surface area contributed by atoms with Crippen LogP contribution in [0.2, 0.25) is 0 Å². The van der Waals surface area contributed by atoms with Gasteiger partial charge in [0.2, 0.25) is 0 Å². The molecule has 0 aliphatic heterocycles. The molecule has 3 aromatic heterocycles. The lowest BCUT2D eigenvalue weighted by molar-refractivity contribution is -0.142. The topological polar surface area (TPSA) is 89.5 Å². The SMILES string of the molecule is CC(C)[C@H](C(=O)O)n1ccc2c(cnc3c(-c4ccccc4)cnn32)c1=O. The number of hydrogen-bond donors (Lipinski definition) is 1. The van der Waals surface area contributed by atoms with Gasteiger partial charge in [-0.15, -0.1) is 0 Å². The zero-order valence-corrected chi connectivity index (χ0v) is 14.9. The Labute approximate surface area is 154 Å². The Morgan fingerprint density at radius 1 is 1.11 bits per heavy atom. The first-order chi connectivity index (χ1) is 13.0. The van der Waals surface area contributed by atoms with Gasteiger partial charge in [0.05, 0.1) is 17.1 Å². The quantitative estimate of drug-likeness (QED) is 0.603. The Hall–Kier alpha value is -3.48. The van der Waals surface area contributed by atoms with Crippen LogP contribution in [0.5, 0.6) is 0 Å². The number of carboxylic acids is 1. The van der Waals surface area contributed by atoms with Crippen molar-refractivity contribution in [2.75, 3.05) is 0 Å². The van der Waals surface area contributed by atoms with Crippen molar-refractivity contribution >= 4 is 22.5 Å². The first-order valence-corrected chi connectivity index (χ1v) is 8.65. The maximum Gasteiger partial charge on any atom is 0.327 e. The van der Waals surface area contributed by atoms with E-state index in [0.29, 0.717) is 16.6 Å². The maximum atomic E-state index is 12.9. The van der Waals surface area contributed by atoms with Crippen LogP contribution in [-0.4, -0.2) is 30.2 Å². The Kier molecular flexibility index (Phi) is 3.99. The number of rotatable bonds is 4. The zero-order valence-electron chi connectivity index (χ0n) is 14.9. The van der Waals surface area contributed by atoms with Crippen molar-refractivity contribution in [3.8, 4) is 11.1 Å². The number of benzene rings is 1. The van der Waals surface area contributed by atoms with Crippen molar-refractivity contribution in [2.45, 2.75) is 19.9 Å². The maximum absolute atomic E-state index is 12.9. The highest BCUT2D eigenvalue weighted by molar-refractivity contribution is 5.85. The highest BCUT2D eigenvalue weighted by Crippen LogP contribution is 2.25. The molecule has 4 aromatic rings. The summed E-state index contributed by atoms with van der Waals surface area (Å²) in [7, 11) is 0. The van der Waals surface area contributed by atoms with Crippen molar-refractivity contribution in [3.63, 3.8) is 0 Å². The highest BCUT2D eigenvalue weighted by atomic mass is 16.4. The summed E-state index contributed by atoms with van der Waals surface area (Å²) in [5.74, 6) is -1.27. The lowest BCUT2D eigenvalue weighted by Crippen LogP contribution is -2.33. The second-order valence-corrected chi connectivity index (χ2v) is 6.77. The summed E-state index contributed by atoms with van der Waals surface area (Å²) in [4.78, 5) is 29.0. The monoisotopic (exact) mass is 362 g/mol. The fourth-order valence-corrected chi connectivity index (χ4v) is 3.40. The van der Waals surface area contributed by atoms with Gasteiger partial charge in [0.25, 0.3) is 5.56 Å². The van der Waals surface area contributed by atoms with Gasteiger partial charge in [0, 0.05) is 18.0 Å². The van der Waals surface area contributed by atoms with E-state index in [0.717, 1.165) is 11.1 Å². The summed E-state index contributed by atoms with van der Waals surface area (Å²) in [5, 5.41) is 14.2. The molecule has 1 aromatic carbocycles. The molecule has 0 saturated heterocycles. The normalized spacial score (nSPS) is 12.7. The number of pyridine rings is 1. The molecule has 4 rings (SSSR count). The van der Waals surface area contributed by atoms with E-state index in [1.807, 2.05) is 30.3 Å². The third kappa shape index (κ3) is 2.68.